The summed E-state index contributed by atoms with van der Waals surface area (Å²) in [5.74, 6) is -1.55. The van der Waals surface area contributed by atoms with Gasteiger partial charge in [0.2, 0.25) is 11.1 Å². The maximum atomic E-state index is 12.8. The van der Waals surface area contributed by atoms with Crippen LogP contribution in [0.15, 0.2) is 53.4 Å². The molecule has 144 valence electrons. The lowest BCUT2D eigenvalue weighted by Gasteiger charge is -2.15. The zero-order valence-corrected chi connectivity index (χ0v) is 15.6. The van der Waals surface area contributed by atoms with Crippen molar-refractivity contribution in [1.82, 2.24) is 0 Å². The number of nitrogens with zero attached hydrogens (tertiary/aromatic N) is 2. The zero-order valence-electron chi connectivity index (χ0n) is 14.8. The van der Waals surface area contributed by atoms with Crippen molar-refractivity contribution in [1.29, 1.82) is 5.39 Å². The maximum Gasteiger partial charge on any atom is 0.428 e. The molecule has 28 heavy (non-hydrogen) atoms. The monoisotopic (exact) mass is 401 g/mol. The van der Waals surface area contributed by atoms with Gasteiger partial charge in [-0.3, -0.25) is 4.18 Å². The molecular weight excluding hydrogens is 384 g/mol. The molecule has 1 unspecified atom stereocenters. The fourth-order valence-electron chi connectivity index (χ4n) is 2.89. The summed E-state index contributed by atoms with van der Waals surface area (Å²) in [7, 11) is -4.29. The topological polar surface area (TPSA) is 132 Å². The first-order valence-corrected chi connectivity index (χ1v) is 9.67. The Hall–Kier alpha value is -3.35. The molecule has 0 amide bonds. The Morgan fingerprint density at radius 3 is 2.39 bits per heavy atom. The number of fused-ring (bicyclic) bond motifs is 1. The fraction of sp³-hybridized carbons (Fsp3) is 0.158. The lowest BCUT2D eigenvalue weighted by molar-refractivity contribution is 0.294. The van der Waals surface area contributed by atoms with E-state index in [1.807, 2.05) is 0 Å². The SMILES string of the molecule is CC(COS(=O)(=O)c1cc([N+]#N)c(O)c2ccccc12)c1cccc(O)c1O. The van der Waals surface area contributed by atoms with Gasteiger partial charge in [0.15, 0.2) is 16.5 Å². The quantitative estimate of drug-likeness (QED) is 0.335. The number of aromatic hydroxyl groups is 3. The number of phenolic OH excluding ortho intramolecular Hbond substituents is 3. The lowest BCUT2D eigenvalue weighted by Crippen LogP contribution is -2.12. The first-order chi connectivity index (χ1) is 13.3. The summed E-state index contributed by atoms with van der Waals surface area (Å²) < 4.78 is 30.7. The van der Waals surface area contributed by atoms with Crippen LogP contribution in [0.2, 0.25) is 0 Å². The van der Waals surface area contributed by atoms with E-state index >= 15 is 0 Å². The zero-order chi connectivity index (χ0) is 20.5. The van der Waals surface area contributed by atoms with Crippen molar-refractivity contribution < 1.29 is 27.9 Å². The number of hydrogen-bond donors (Lipinski definition) is 3. The summed E-state index contributed by atoms with van der Waals surface area (Å²) in [5.41, 5.74) is 0.0244. The molecule has 0 aliphatic heterocycles. The van der Waals surface area contributed by atoms with Gasteiger partial charge in [0.25, 0.3) is 10.1 Å². The Bertz CT molecular complexity index is 1200. The molecule has 3 aromatic rings. The fourth-order valence-corrected chi connectivity index (χ4v) is 4.10. The van der Waals surface area contributed by atoms with Gasteiger partial charge in [0, 0.05) is 22.3 Å². The Kier molecular flexibility index (Phi) is 5.09. The van der Waals surface area contributed by atoms with Crippen LogP contribution in [0, 0.1) is 5.39 Å². The normalized spacial score (nSPS) is 12.6. The average molecular weight is 401 g/mol. The van der Waals surface area contributed by atoms with Crippen molar-refractivity contribution in [2.45, 2.75) is 17.7 Å². The predicted molar refractivity (Wildman–Crippen MR) is 102 cm³/mol. The second-order valence-electron chi connectivity index (χ2n) is 6.24. The second kappa shape index (κ2) is 7.34. The molecule has 1 atom stereocenters. The van der Waals surface area contributed by atoms with E-state index in [0.717, 1.165) is 6.07 Å². The van der Waals surface area contributed by atoms with E-state index in [1.54, 1.807) is 25.1 Å². The Morgan fingerprint density at radius 1 is 1.04 bits per heavy atom. The summed E-state index contributed by atoms with van der Waals surface area (Å²) in [6.45, 7) is 1.33. The first-order valence-electron chi connectivity index (χ1n) is 8.26. The third kappa shape index (κ3) is 3.43. The van der Waals surface area contributed by atoms with Crippen LogP contribution in [0.3, 0.4) is 0 Å². The maximum absolute atomic E-state index is 12.8. The highest BCUT2D eigenvalue weighted by Crippen LogP contribution is 2.40. The van der Waals surface area contributed by atoms with Crippen LogP contribution in [0.4, 0.5) is 5.69 Å². The standard InChI is InChI=1S/C19H16N2O6S/c1-11(12-7-4-8-16(22)19(12)24)10-27-28(25,26)17-9-15(21-20)18(23)14-6-3-2-5-13(14)17/h2-9,11,20,23H,10H2,1H3/p+1. The molecule has 0 radical (unpaired) electrons. The highest BCUT2D eigenvalue weighted by molar-refractivity contribution is 7.87. The molecule has 0 saturated carbocycles. The molecule has 0 bridgehead atoms. The summed E-state index contributed by atoms with van der Waals surface area (Å²) in [4.78, 5) is 2.66. The highest BCUT2D eigenvalue weighted by atomic mass is 32.2. The smallest absolute Gasteiger partial charge is 0.428 e. The van der Waals surface area contributed by atoms with E-state index in [9.17, 15) is 23.7 Å². The van der Waals surface area contributed by atoms with E-state index < -0.39 is 16.0 Å². The number of rotatable bonds is 5. The number of benzene rings is 3. The van der Waals surface area contributed by atoms with Gasteiger partial charge in [0.1, 0.15) is 4.90 Å². The second-order valence-corrected chi connectivity index (χ2v) is 7.83. The third-order valence-electron chi connectivity index (χ3n) is 4.39. The van der Waals surface area contributed by atoms with Gasteiger partial charge in [0.05, 0.1) is 12.7 Å². The van der Waals surface area contributed by atoms with E-state index in [-0.39, 0.29) is 45.2 Å². The molecule has 3 N–H and O–H groups in total. The Morgan fingerprint density at radius 2 is 1.71 bits per heavy atom. The van der Waals surface area contributed by atoms with Crippen molar-refractivity contribution in [2.24, 2.45) is 0 Å². The Labute approximate surface area is 161 Å². The molecule has 0 aliphatic rings. The third-order valence-corrected chi connectivity index (χ3v) is 5.71. The minimum atomic E-state index is -4.29. The van der Waals surface area contributed by atoms with Gasteiger partial charge in [-0.1, -0.05) is 43.3 Å². The van der Waals surface area contributed by atoms with E-state index in [1.165, 1.54) is 24.3 Å². The number of phenols is 3. The molecule has 3 rings (SSSR count). The minimum absolute atomic E-state index is 0.193. The van der Waals surface area contributed by atoms with Crippen LogP contribution < -0.4 is 0 Å². The van der Waals surface area contributed by atoms with Crippen LogP contribution in [0.25, 0.3) is 15.7 Å². The summed E-state index contributed by atoms with van der Waals surface area (Å²) in [6.07, 6.45) is 0. The molecule has 0 spiro atoms. The summed E-state index contributed by atoms with van der Waals surface area (Å²) in [5, 5.41) is 39.1. The van der Waals surface area contributed by atoms with Gasteiger partial charge >= 0.3 is 5.69 Å². The van der Waals surface area contributed by atoms with Gasteiger partial charge in [-0.2, -0.15) is 8.42 Å². The van der Waals surface area contributed by atoms with E-state index in [4.69, 9.17) is 9.58 Å². The first kappa shape index (κ1) is 19.4. The van der Waals surface area contributed by atoms with Crippen LogP contribution in [-0.2, 0) is 14.3 Å². The Balaban J connectivity index is 1.97. The molecule has 3 aromatic carbocycles. The lowest BCUT2D eigenvalue weighted by atomic mass is 10.0. The van der Waals surface area contributed by atoms with Crippen LogP contribution in [0.5, 0.6) is 17.2 Å². The molecule has 9 heteroatoms. The van der Waals surface area contributed by atoms with Crippen molar-refractivity contribution in [3.8, 4) is 17.2 Å². The van der Waals surface area contributed by atoms with Crippen molar-refractivity contribution >= 4 is 26.6 Å². The summed E-state index contributed by atoms with van der Waals surface area (Å²) >= 11 is 0. The van der Waals surface area contributed by atoms with Gasteiger partial charge < -0.3 is 15.3 Å². The van der Waals surface area contributed by atoms with Crippen LogP contribution in [0.1, 0.15) is 18.4 Å². The molecule has 0 saturated heterocycles. The number of diazo groups is 1. The van der Waals surface area contributed by atoms with Gasteiger partial charge in [-0.15, -0.1) is 0 Å². The highest BCUT2D eigenvalue weighted by Gasteiger charge is 2.28. The van der Waals surface area contributed by atoms with Crippen molar-refractivity contribution in [2.75, 3.05) is 6.61 Å². The molecular formula is C19H17N2O6S+. The molecule has 0 aromatic heterocycles. The summed E-state index contributed by atoms with van der Waals surface area (Å²) in [6, 6.07) is 11.6. The predicted octanol–water partition coefficient (Wildman–Crippen LogP) is 3.95. The number of para-hydroxylation sites is 1. The van der Waals surface area contributed by atoms with Gasteiger partial charge in [-0.05, 0) is 6.07 Å². The van der Waals surface area contributed by atoms with E-state index in [0.29, 0.717) is 5.56 Å². The van der Waals surface area contributed by atoms with Crippen molar-refractivity contribution in [3.05, 3.63) is 59.1 Å². The largest absolute Gasteiger partial charge is 0.504 e. The minimum Gasteiger partial charge on any atom is -0.504 e. The van der Waals surface area contributed by atoms with Crippen LogP contribution >= 0.6 is 0 Å². The van der Waals surface area contributed by atoms with E-state index in [2.05, 4.69) is 4.98 Å². The molecule has 8 nitrogen and oxygen atoms in total. The van der Waals surface area contributed by atoms with Gasteiger partial charge in [-0.25, -0.2) is 0 Å². The molecule has 0 fully saturated rings. The molecule has 0 aliphatic carbocycles. The van der Waals surface area contributed by atoms with Crippen molar-refractivity contribution in [3.63, 3.8) is 0 Å². The van der Waals surface area contributed by atoms with Crippen LogP contribution in [-0.4, -0.2) is 30.3 Å². The number of hydrogen-bond acceptors (Lipinski definition) is 7. The average Bonchev–Trinajstić information content (AvgIpc) is 2.68. The molecule has 0 heterocycles.